The number of aromatic nitrogens is 1. The molecule has 2 aromatic carbocycles. The zero-order valence-electron chi connectivity index (χ0n) is 22.9. The number of rotatable bonds is 6. The highest BCUT2D eigenvalue weighted by Crippen LogP contribution is 2.29. The molecule has 3 aromatic rings. The summed E-state index contributed by atoms with van der Waals surface area (Å²) in [5.74, 6) is -1.69. The molecular weight excluding hydrogens is 584 g/mol. The normalized spacial score (nSPS) is 19.2. The first-order chi connectivity index (χ1) is 20.0. The van der Waals surface area contributed by atoms with Gasteiger partial charge < -0.3 is 20.1 Å². The first kappa shape index (κ1) is 29.6. The van der Waals surface area contributed by atoms with Gasteiger partial charge in [0.15, 0.2) is 5.01 Å². The number of piperazine rings is 1. The molecule has 3 heterocycles. The van der Waals surface area contributed by atoms with Crippen molar-refractivity contribution in [3.8, 4) is 0 Å². The lowest BCUT2D eigenvalue weighted by Gasteiger charge is -2.39. The average Bonchev–Trinajstić information content (AvgIpc) is 3.39. The van der Waals surface area contributed by atoms with E-state index in [4.69, 9.17) is 5.41 Å². The second-order valence-electron chi connectivity index (χ2n) is 10.2. The molecule has 222 valence electrons. The molecule has 2 atom stereocenters. The van der Waals surface area contributed by atoms with E-state index in [2.05, 4.69) is 20.4 Å². The third-order valence-electron chi connectivity index (χ3n) is 7.34. The van der Waals surface area contributed by atoms with Crippen LogP contribution in [0.3, 0.4) is 0 Å². The van der Waals surface area contributed by atoms with E-state index in [1.165, 1.54) is 39.8 Å². The third kappa shape index (κ3) is 5.99. The molecule has 4 N–H and O–H groups in total. The van der Waals surface area contributed by atoms with Gasteiger partial charge in [-0.3, -0.25) is 20.3 Å². The number of nitrogens with zero attached hydrogens (tertiary/aromatic N) is 3. The number of nitrogens with one attached hydrogen (secondary N) is 3. The first-order valence-electron chi connectivity index (χ1n) is 13.2. The lowest BCUT2D eigenvalue weighted by Crippen LogP contribution is -2.57. The van der Waals surface area contributed by atoms with Gasteiger partial charge in [0.25, 0.3) is 5.91 Å². The van der Waals surface area contributed by atoms with Crippen LogP contribution in [-0.2, 0) is 32.5 Å². The highest BCUT2D eigenvalue weighted by atomic mass is 32.2. The summed E-state index contributed by atoms with van der Waals surface area (Å²) in [5, 5.41) is 24.8. The molecule has 1 fully saturated rings. The highest BCUT2D eigenvalue weighted by Gasteiger charge is 2.39. The maximum absolute atomic E-state index is 13.7. The lowest BCUT2D eigenvalue weighted by molar-refractivity contribution is -0.138. The molecule has 0 spiro atoms. The number of hydrogen-bond acceptors (Lipinski definition) is 10. The van der Waals surface area contributed by atoms with E-state index in [1.807, 2.05) is 6.92 Å². The second kappa shape index (κ2) is 11.8. The molecule has 0 saturated carbocycles. The van der Waals surface area contributed by atoms with Crippen molar-refractivity contribution < 1.29 is 32.6 Å². The van der Waals surface area contributed by atoms with Crippen molar-refractivity contribution in [2.75, 3.05) is 26.7 Å². The Labute approximate surface area is 246 Å². The Hall–Kier alpha value is -3.92. The van der Waals surface area contributed by atoms with Gasteiger partial charge >= 0.3 is 12.1 Å². The minimum atomic E-state index is -4.02. The number of carbonyl (C=O) groups excluding carboxylic acids is 2. The Balaban J connectivity index is 1.35. The van der Waals surface area contributed by atoms with Crippen LogP contribution in [0.4, 0.5) is 4.79 Å². The van der Waals surface area contributed by atoms with Gasteiger partial charge in [-0.05, 0) is 35.9 Å². The topological polar surface area (TPSA) is 182 Å². The van der Waals surface area contributed by atoms with Gasteiger partial charge in [0.05, 0.1) is 30.2 Å². The van der Waals surface area contributed by atoms with E-state index in [1.54, 1.807) is 24.3 Å². The fraction of sp³-hybridized carbons (Fsp3) is 0.370. The van der Waals surface area contributed by atoms with Crippen molar-refractivity contribution in [2.24, 2.45) is 0 Å². The molecule has 2 unspecified atom stereocenters. The number of methoxy groups -OCH3 is 1. The fourth-order valence-electron chi connectivity index (χ4n) is 5.13. The molecular formula is C27H30N6O7S2. The van der Waals surface area contributed by atoms with Crippen molar-refractivity contribution in [1.29, 1.82) is 5.41 Å². The molecule has 0 bridgehead atoms. The van der Waals surface area contributed by atoms with Gasteiger partial charge in [0, 0.05) is 49.1 Å². The number of carboxylic acid groups (broad SMARTS) is 1. The van der Waals surface area contributed by atoms with Crippen LogP contribution in [0.15, 0.2) is 41.3 Å². The predicted octanol–water partition coefficient (Wildman–Crippen LogP) is 2.00. The molecule has 2 aliphatic heterocycles. The summed E-state index contributed by atoms with van der Waals surface area (Å²) in [6, 6.07) is 8.79. The molecule has 1 saturated heterocycles. The van der Waals surface area contributed by atoms with E-state index >= 15 is 0 Å². The maximum Gasteiger partial charge on any atom is 0.412 e. The van der Waals surface area contributed by atoms with E-state index in [-0.39, 0.29) is 47.3 Å². The fourth-order valence-corrected chi connectivity index (χ4v) is 7.63. The average molecular weight is 615 g/mol. The summed E-state index contributed by atoms with van der Waals surface area (Å²) in [6.45, 7) is 2.52. The first-order valence-corrected chi connectivity index (χ1v) is 15.4. The van der Waals surface area contributed by atoms with Crippen molar-refractivity contribution >= 4 is 55.9 Å². The second-order valence-corrected chi connectivity index (χ2v) is 13.2. The minimum Gasteiger partial charge on any atom is -0.481 e. The van der Waals surface area contributed by atoms with Crippen LogP contribution in [0, 0.1) is 5.41 Å². The molecule has 0 radical (unpaired) electrons. The summed E-state index contributed by atoms with van der Waals surface area (Å²) in [6.07, 6.45) is -0.487. The quantitative estimate of drug-likeness (QED) is 0.238. The summed E-state index contributed by atoms with van der Waals surface area (Å²) >= 11 is 1.29. The van der Waals surface area contributed by atoms with Crippen molar-refractivity contribution in [3.63, 3.8) is 0 Å². The van der Waals surface area contributed by atoms with Crippen molar-refractivity contribution in [1.82, 2.24) is 24.8 Å². The van der Waals surface area contributed by atoms with Gasteiger partial charge in [-0.1, -0.05) is 18.2 Å². The molecule has 5 rings (SSSR count). The van der Waals surface area contributed by atoms with Crippen LogP contribution in [0.1, 0.15) is 39.3 Å². The number of benzene rings is 2. The van der Waals surface area contributed by atoms with E-state index < -0.39 is 34.5 Å². The predicted molar refractivity (Wildman–Crippen MR) is 154 cm³/mol. The molecule has 13 nitrogen and oxygen atoms in total. The van der Waals surface area contributed by atoms with Crippen LogP contribution in [-0.4, -0.2) is 90.3 Å². The number of sulfonamides is 1. The summed E-state index contributed by atoms with van der Waals surface area (Å²) in [4.78, 5) is 43.6. The monoisotopic (exact) mass is 614 g/mol. The lowest BCUT2D eigenvalue weighted by atomic mass is 10.1. The molecule has 2 amide bonds. The molecule has 42 heavy (non-hydrogen) atoms. The van der Waals surface area contributed by atoms with Gasteiger partial charge in [-0.25, -0.2) is 18.2 Å². The van der Waals surface area contributed by atoms with E-state index in [9.17, 15) is 27.9 Å². The van der Waals surface area contributed by atoms with E-state index in [0.717, 1.165) is 10.6 Å². The Morgan fingerprint density at radius 3 is 2.67 bits per heavy atom. The number of alkyl carbamates (subject to hydrolysis) is 1. The van der Waals surface area contributed by atoms with Crippen LogP contribution < -0.4 is 10.6 Å². The Bertz CT molecular complexity index is 1690. The van der Waals surface area contributed by atoms with Gasteiger partial charge in [-0.15, -0.1) is 11.3 Å². The number of carbonyl (C=O) groups is 3. The molecule has 2 aliphatic rings. The Morgan fingerprint density at radius 1 is 1.19 bits per heavy atom. The Morgan fingerprint density at radius 2 is 1.93 bits per heavy atom. The number of amides is 2. The molecule has 15 heteroatoms. The number of carboxylic acids is 1. The number of aliphatic carboxylic acids is 1. The zero-order chi connectivity index (χ0) is 30.2. The highest BCUT2D eigenvalue weighted by molar-refractivity contribution is 7.89. The summed E-state index contributed by atoms with van der Waals surface area (Å²) in [7, 11) is -2.83. The number of thiazole rings is 1. The Kier molecular flexibility index (Phi) is 8.28. The van der Waals surface area contributed by atoms with Crippen molar-refractivity contribution in [3.05, 3.63) is 57.5 Å². The van der Waals surface area contributed by atoms with Crippen LogP contribution in [0.2, 0.25) is 0 Å². The number of ether oxygens (including phenoxy) is 1. The summed E-state index contributed by atoms with van der Waals surface area (Å²) in [5.41, 5.74) is 1.28. The standard InChI is InChI=1S/C27H30N6O7S2/c1-15-9-21-22(13-29-15)41-25(30-21)26(36)33-8-7-32(14-19(33)12-23(34)35)42(38,39)20-6-5-16-10-18(4-3-17(16)11-20)24(28)31-27(37)40-2/h3-6,10-11,15,19,29H,7-9,12-14H2,1-2H3,(H,34,35)(H2,28,31,37). The SMILES string of the molecule is COC(=O)NC(=N)c1ccc2cc(S(=O)(=O)N3CCN(C(=O)c4nc5c(s4)CNC(C)C5)C(CC(=O)O)C3)ccc2c1. The zero-order valence-corrected chi connectivity index (χ0v) is 24.5. The molecule has 0 aliphatic carbocycles. The van der Waals surface area contributed by atoms with Crippen molar-refractivity contribution in [2.45, 2.75) is 43.3 Å². The van der Waals surface area contributed by atoms with E-state index in [0.29, 0.717) is 29.3 Å². The molecule has 1 aromatic heterocycles. The largest absolute Gasteiger partial charge is 0.481 e. The van der Waals surface area contributed by atoms with Gasteiger partial charge in [-0.2, -0.15) is 4.31 Å². The third-order valence-corrected chi connectivity index (χ3v) is 10.3. The smallest absolute Gasteiger partial charge is 0.412 e. The van der Waals surface area contributed by atoms with Crippen LogP contribution in [0.25, 0.3) is 10.8 Å². The number of hydrogen-bond donors (Lipinski definition) is 4. The van der Waals surface area contributed by atoms with Gasteiger partial charge in [0.2, 0.25) is 10.0 Å². The van der Waals surface area contributed by atoms with Crippen LogP contribution >= 0.6 is 11.3 Å². The maximum atomic E-state index is 13.7. The summed E-state index contributed by atoms with van der Waals surface area (Å²) < 4.78 is 33.1. The minimum absolute atomic E-state index is 0.00120. The number of amidine groups is 1. The number of fused-ring (bicyclic) bond motifs is 2. The van der Waals surface area contributed by atoms with Crippen LogP contribution in [0.5, 0.6) is 0 Å². The van der Waals surface area contributed by atoms with Gasteiger partial charge in [0.1, 0.15) is 5.84 Å².